The van der Waals surface area contributed by atoms with Crippen LogP contribution in [0.3, 0.4) is 0 Å². The molecule has 1 rings (SSSR count). The summed E-state index contributed by atoms with van der Waals surface area (Å²) in [7, 11) is 0. The van der Waals surface area contributed by atoms with E-state index in [0.29, 0.717) is 13.0 Å². The van der Waals surface area contributed by atoms with Gasteiger partial charge in [-0.15, -0.1) is 11.3 Å². The van der Waals surface area contributed by atoms with Gasteiger partial charge in [0, 0.05) is 17.8 Å². The first-order valence-corrected chi connectivity index (χ1v) is 6.88. The lowest BCUT2D eigenvalue weighted by Crippen LogP contribution is -2.46. The molecule has 110 valence electrons. The zero-order valence-corrected chi connectivity index (χ0v) is 11.5. The van der Waals surface area contributed by atoms with Crippen LogP contribution in [0.4, 0.5) is 4.79 Å². The Bertz CT molecular complexity index is 460. The number of hydrogen-bond acceptors (Lipinski definition) is 4. The van der Waals surface area contributed by atoms with Crippen LogP contribution < -0.4 is 10.6 Å². The van der Waals surface area contributed by atoms with E-state index in [4.69, 9.17) is 10.2 Å². The van der Waals surface area contributed by atoms with Gasteiger partial charge in [0.05, 0.1) is 0 Å². The molecule has 0 aliphatic heterocycles. The largest absolute Gasteiger partial charge is 0.481 e. The van der Waals surface area contributed by atoms with Gasteiger partial charge in [0.15, 0.2) is 0 Å². The Morgan fingerprint density at radius 2 is 2.05 bits per heavy atom. The highest BCUT2D eigenvalue weighted by atomic mass is 32.1. The lowest BCUT2D eigenvalue weighted by Gasteiger charge is -2.14. The molecule has 1 atom stereocenters. The zero-order chi connectivity index (χ0) is 15.0. The minimum atomic E-state index is -1.25. The molecular weight excluding hydrogens is 284 g/mol. The summed E-state index contributed by atoms with van der Waals surface area (Å²) in [5.74, 6) is -2.35. The van der Waals surface area contributed by atoms with Crippen LogP contribution in [-0.4, -0.2) is 40.8 Å². The lowest BCUT2D eigenvalue weighted by molar-refractivity contribution is -0.140. The maximum atomic E-state index is 11.5. The molecule has 0 saturated carbocycles. The monoisotopic (exact) mass is 300 g/mol. The third kappa shape index (κ3) is 6.19. The quantitative estimate of drug-likeness (QED) is 0.569. The van der Waals surface area contributed by atoms with Gasteiger partial charge < -0.3 is 20.8 Å². The Kier molecular flexibility index (Phi) is 6.51. The van der Waals surface area contributed by atoms with E-state index in [9.17, 15) is 14.4 Å². The number of urea groups is 1. The van der Waals surface area contributed by atoms with Crippen LogP contribution in [0.2, 0.25) is 0 Å². The van der Waals surface area contributed by atoms with Crippen LogP contribution in [0.15, 0.2) is 17.5 Å². The minimum Gasteiger partial charge on any atom is -0.481 e. The lowest BCUT2D eigenvalue weighted by atomic mass is 10.1. The summed E-state index contributed by atoms with van der Waals surface area (Å²) in [4.78, 5) is 33.9. The van der Waals surface area contributed by atoms with E-state index < -0.39 is 24.0 Å². The van der Waals surface area contributed by atoms with Gasteiger partial charge in [-0.05, 0) is 24.3 Å². The number of carboxylic acids is 2. The first-order chi connectivity index (χ1) is 9.49. The van der Waals surface area contributed by atoms with E-state index in [0.717, 1.165) is 4.88 Å². The molecule has 0 aliphatic rings. The second-order valence-corrected chi connectivity index (χ2v) is 5.09. The normalized spacial score (nSPS) is 11.6. The molecule has 8 heteroatoms. The van der Waals surface area contributed by atoms with Gasteiger partial charge in [-0.2, -0.15) is 0 Å². The number of hydrogen-bond donors (Lipinski definition) is 4. The van der Waals surface area contributed by atoms with E-state index in [1.165, 1.54) is 0 Å². The summed E-state index contributed by atoms with van der Waals surface area (Å²) in [6, 6.07) is 2.04. The average molecular weight is 300 g/mol. The molecule has 0 saturated heterocycles. The van der Waals surface area contributed by atoms with Gasteiger partial charge in [0.1, 0.15) is 6.04 Å². The van der Waals surface area contributed by atoms with Crippen molar-refractivity contribution in [3.05, 3.63) is 22.4 Å². The Morgan fingerprint density at radius 3 is 2.60 bits per heavy atom. The number of aliphatic carboxylic acids is 2. The maximum absolute atomic E-state index is 11.5. The zero-order valence-electron chi connectivity index (χ0n) is 10.7. The summed E-state index contributed by atoms with van der Waals surface area (Å²) in [5, 5.41) is 24.1. The first kappa shape index (κ1) is 16.0. The molecule has 0 aliphatic carbocycles. The fourth-order valence-corrected chi connectivity index (χ4v) is 2.20. The number of nitrogens with one attached hydrogen (secondary N) is 2. The van der Waals surface area contributed by atoms with E-state index in [-0.39, 0.29) is 12.8 Å². The summed E-state index contributed by atoms with van der Waals surface area (Å²) >= 11 is 1.57. The molecule has 0 spiro atoms. The van der Waals surface area contributed by atoms with E-state index in [2.05, 4.69) is 10.6 Å². The minimum absolute atomic E-state index is 0.150. The molecule has 1 aromatic heterocycles. The molecule has 7 nitrogen and oxygen atoms in total. The topological polar surface area (TPSA) is 116 Å². The summed E-state index contributed by atoms with van der Waals surface area (Å²) in [6.07, 6.45) is 0.202. The maximum Gasteiger partial charge on any atom is 0.326 e. The highest BCUT2D eigenvalue weighted by molar-refractivity contribution is 7.09. The van der Waals surface area contributed by atoms with Gasteiger partial charge in [0.2, 0.25) is 0 Å². The SMILES string of the molecule is O=C(O)CCC(NC(=O)NCCc1cccs1)C(=O)O. The summed E-state index contributed by atoms with van der Waals surface area (Å²) in [6.45, 7) is 0.387. The smallest absolute Gasteiger partial charge is 0.326 e. The van der Waals surface area contributed by atoms with Crippen molar-refractivity contribution in [3.63, 3.8) is 0 Å². The van der Waals surface area contributed by atoms with Crippen LogP contribution in [0.25, 0.3) is 0 Å². The third-order valence-corrected chi connectivity index (χ3v) is 3.42. The summed E-state index contributed by atoms with van der Waals surface area (Å²) < 4.78 is 0. The van der Waals surface area contributed by atoms with Crippen LogP contribution in [-0.2, 0) is 16.0 Å². The van der Waals surface area contributed by atoms with E-state index >= 15 is 0 Å². The molecule has 2 amide bonds. The van der Waals surface area contributed by atoms with Crippen molar-refractivity contribution in [1.29, 1.82) is 0 Å². The Morgan fingerprint density at radius 1 is 1.30 bits per heavy atom. The van der Waals surface area contributed by atoms with Crippen LogP contribution in [0, 0.1) is 0 Å². The fourth-order valence-electron chi connectivity index (χ4n) is 1.49. The third-order valence-electron chi connectivity index (χ3n) is 2.49. The van der Waals surface area contributed by atoms with Crippen LogP contribution in [0.5, 0.6) is 0 Å². The number of thiophene rings is 1. The number of carbonyl (C=O) groups is 3. The fraction of sp³-hybridized carbons (Fsp3) is 0.417. The van der Waals surface area contributed by atoms with E-state index in [1.807, 2.05) is 17.5 Å². The molecule has 0 fully saturated rings. The van der Waals surface area contributed by atoms with Gasteiger partial charge >= 0.3 is 18.0 Å². The molecule has 0 bridgehead atoms. The molecule has 20 heavy (non-hydrogen) atoms. The Balaban J connectivity index is 2.30. The second-order valence-electron chi connectivity index (χ2n) is 4.05. The predicted molar refractivity (Wildman–Crippen MR) is 72.9 cm³/mol. The van der Waals surface area contributed by atoms with Crippen LogP contribution in [0.1, 0.15) is 17.7 Å². The molecule has 1 unspecified atom stereocenters. The number of carboxylic acid groups (broad SMARTS) is 2. The first-order valence-electron chi connectivity index (χ1n) is 6.00. The number of carbonyl (C=O) groups excluding carboxylic acids is 1. The second kappa shape index (κ2) is 8.16. The molecular formula is C12H16N2O5S. The van der Waals surface area contributed by atoms with Gasteiger partial charge in [-0.1, -0.05) is 6.07 Å². The van der Waals surface area contributed by atoms with Gasteiger partial charge in [-0.3, -0.25) is 4.79 Å². The van der Waals surface area contributed by atoms with E-state index in [1.54, 1.807) is 11.3 Å². The van der Waals surface area contributed by atoms with Crippen molar-refractivity contribution in [2.75, 3.05) is 6.54 Å². The van der Waals surface area contributed by atoms with Crippen molar-refractivity contribution in [1.82, 2.24) is 10.6 Å². The molecule has 1 aromatic rings. The van der Waals surface area contributed by atoms with Gasteiger partial charge in [0.25, 0.3) is 0 Å². The van der Waals surface area contributed by atoms with Gasteiger partial charge in [-0.25, -0.2) is 9.59 Å². The van der Waals surface area contributed by atoms with Crippen molar-refractivity contribution >= 4 is 29.3 Å². The Labute approximate surface area is 119 Å². The number of amides is 2. The highest BCUT2D eigenvalue weighted by Crippen LogP contribution is 2.08. The Hall–Kier alpha value is -2.09. The standard InChI is InChI=1S/C12H16N2O5S/c15-10(16)4-3-9(11(17)18)14-12(19)13-6-5-8-2-1-7-20-8/h1-2,7,9H,3-6H2,(H,15,16)(H,17,18)(H2,13,14,19). The predicted octanol–water partition coefficient (Wildman–Crippen LogP) is 0.908. The molecule has 0 aromatic carbocycles. The molecule has 4 N–H and O–H groups in total. The molecule has 1 heterocycles. The summed E-state index contributed by atoms with van der Waals surface area (Å²) in [5.41, 5.74) is 0. The van der Waals surface area contributed by atoms with Crippen molar-refractivity contribution in [2.24, 2.45) is 0 Å². The average Bonchev–Trinajstić information content (AvgIpc) is 2.87. The number of rotatable bonds is 8. The van der Waals surface area contributed by atoms with Crippen LogP contribution >= 0.6 is 11.3 Å². The van der Waals surface area contributed by atoms with Crippen molar-refractivity contribution < 1.29 is 24.6 Å². The molecule has 0 radical (unpaired) electrons. The van der Waals surface area contributed by atoms with Crippen molar-refractivity contribution in [2.45, 2.75) is 25.3 Å². The highest BCUT2D eigenvalue weighted by Gasteiger charge is 2.20. The van der Waals surface area contributed by atoms with Crippen molar-refractivity contribution in [3.8, 4) is 0 Å².